The van der Waals surface area contributed by atoms with Crippen LogP contribution >= 0.6 is 0 Å². The summed E-state index contributed by atoms with van der Waals surface area (Å²) in [7, 11) is 0. The number of ketones is 1. The van der Waals surface area contributed by atoms with Crippen LogP contribution in [0.1, 0.15) is 37.8 Å². The van der Waals surface area contributed by atoms with Crippen LogP contribution in [0.4, 0.5) is 4.39 Å². The van der Waals surface area contributed by atoms with E-state index in [-0.39, 0.29) is 29.5 Å². The lowest BCUT2D eigenvalue weighted by molar-refractivity contribution is -0.136. The van der Waals surface area contributed by atoms with E-state index in [1.54, 1.807) is 23.1 Å². The molecule has 3 aliphatic heterocycles. The normalized spacial score (nSPS) is 31.5. The molecule has 0 bridgehead atoms. The van der Waals surface area contributed by atoms with Crippen molar-refractivity contribution in [1.29, 1.82) is 0 Å². The van der Waals surface area contributed by atoms with E-state index >= 15 is 0 Å². The molecule has 4 unspecified atom stereocenters. The van der Waals surface area contributed by atoms with E-state index in [0.717, 1.165) is 32.4 Å². The summed E-state index contributed by atoms with van der Waals surface area (Å²) in [6, 6.07) is 5.71. The van der Waals surface area contributed by atoms with Crippen molar-refractivity contribution in [3.8, 4) is 0 Å². The minimum absolute atomic E-state index is 0.0340. The number of hydrogen-bond acceptors (Lipinski definition) is 5. The van der Waals surface area contributed by atoms with Crippen LogP contribution in [0.5, 0.6) is 0 Å². The summed E-state index contributed by atoms with van der Waals surface area (Å²) in [5.74, 6) is -0.384. The van der Waals surface area contributed by atoms with Gasteiger partial charge in [-0.2, -0.15) is 0 Å². The third-order valence-electron chi connectivity index (χ3n) is 7.17. The topological polar surface area (TPSA) is 59.1 Å². The zero-order chi connectivity index (χ0) is 21.5. The van der Waals surface area contributed by atoms with Gasteiger partial charge in [-0.15, -0.1) is 0 Å². The minimum atomic E-state index is -0.726. The quantitative estimate of drug-likeness (QED) is 0.738. The molecule has 0 N–H and O–H groups in total. The van der Waals surface area contributed by atoms with Gasteiger partial charge in [-0.25, -0.2) is 4.39 Å². The van der Waals surface area contributed by atoms with Crippen molar-refractivity contribution in [3.63, 3.8) is 0 Å². The van der Waals surface area contributed by atoms with E-state index < -0.39 is 11.9 Å². The summed E-state index contributed by atoms with van der Waals surface area (Å²) in [6.45, 7) is 6.15. The van der Waals surface area contributed by atoms with Gasteiger partial charge in [0.2, 0.25) is 0 Å². The third-order valence-corrected chi connectivity index (χ3v) is 7.17. The van der Waals surface area contributed by atoms with Crippen LogP contribution in [0, 0.1) is 17.7 Å². The minimum Gasteiger partial charge on any atom is -0.483 e. The molecule has 0 radical (unpaired) electrons. The van der Waals surface area contributed by atoms with Crippen molar-refractivity contribution >= 4 is 11.7 Å². The van der Waals surface area contributed by atoms with Crippen LogP contribution in [0.25, 0.3) is 0 Å². The Morgan fingerprint density at radius 2 is 1.87 bits per heavy atom. The molecule has 166 valence electrons. The fourth-order valence-corrected chi connectivity index (χ4v) is 5.45. The van der Waals surface area contributed by atoms with Gasteiger partial charge in [0.05, 0.1) is 30.7 Å². The largest absolute Gasteiger partial charge is 0.483 e. The molecule has 6 nitrogen and oxygen atoms in total. The summed E-state index contributed by atoms with van der Waals surface area (Å²) >= 11 is 0. The lowest BCUT2D eigenvalue weighted by atomic mass is 9.74. The fraction of sp³-hybridized carbons (Fsp3) is 0.583. The van der Waals surface area contributed by atoms with Crippen molar-refractivity contribution in [3.05, 3.63) is 47.0 Å². The predicted molar refractivity (Wildman–Crippen MR) is 112 cm³/mol. The molecule has 7 heteroatoms. The van der Waals surface area contributed by atoms with Gasteiger partial charge < -0.3 is 14.4 Å². The first-order chi connectivity index (χ1) is 15.0. The number of hydrogen-bond donors (Lipinski definition) is 0. The molecular weight excluding hydrogens is 399 g/mol. The van der Waals surface area contributed by atoms with E-state index in [1.807, 2.05) is 0 Å². The highest BCUT2D eigenvalue weighted by Crippen LogP contribution is 2.47. The zero-order valence-corrected chi connectivity index (χ0v) is 17.9. The molecular formula is C24H29FN2O4. The molecule has 2 fully saturated rings. The maximum atomic E-state index is 14.9. The molecule has 1 amide bonds. The van der Waals surface area contributed by atoms with Gasteiger partial charge in [-0.05, 0) is 31.2 Å². The number of carbonyl (C=O) groups is 2. The Balaban J connectivity index is 1.49. The van der Waals surface area contributed by atoms with Crippen LogP contribution in [0.15, 0.2) is 35.6 Å². The van der Waals surface area contributed by atoms with Crippen molar-refractivity contribution in [2.75, 3.05) is 39.4 Å². The maximum Gasteiger partial charge on any atom is 0.290 e. The Hall–Kier alpha value is -2.25. The van der Waals surface area contributed by atoms with Crippen molar-refractivity contribution in [2.45, 2.75) is 38.3 Å². The van der Waals surface area contributed by atoms with E-state index in [1.165, 1.54) is 6.07 Å². The number of Topliss-reactive ketones (excluding diaryl/α,β-unsaturated/α-hetero) is 1. The van der Waals surface area contributed by atoms with Gasteiger partial charge in [0, 0.05) is 31.7 Å². The Labute approximate surface area is 182 Å². The first-order valence-electron chi connectivity index (χ1n) is 11.3. The molecule has 1 saturated heterocycles. The lowest BCUT2D eigenvalue weighted by Gasteiger charge is -2.37. The number of rotatable bonds is 4. The summed E-state index contributed by atoms with van der Waals surface area (Å²) < 4.78 is 26.5. The highest BCUT2D eigenvalue weighted by Gasteiger charge is 2.52. The van der Waals surface area contributed by atoms with E-state index in [0.29, 0.717) is 43.4 Å². The number of nitrogens with zero attached hydrogens (tertiary/aromatic N) is 2. The van der Waals surface area contributed by atoms with E-state index in [4.69, 9.17) is 9.47 Å². The Kier molecular flexibility index (Phi) is 5.56. The predicted octanol–water partition coefficient (Wildman–Crippen LogP) is 2.70. The SMILES string of the molecule is CC1CCC2OC3=C(C(=O)C2C1)C(c1ccccc1F)N(CCN1CCOCC1)C3=O. The number of benzene rings is 1. The second-order valence-electron chi connectivity index (χ2n) is 9.16. The van der Waals surface area contributed by atoms with Gasteiger partial charge in [0.25, 0.3) is 5.91 Å². The monoisotopic (exact) mass is 428 g/mol. The van der Waals surface area contributed by atoms with Crippen LogP contribution in [-0.2, 0) is 19.1 Å². The zero-order valence-electron chi connectivity index (χ0n) is 17.9. The fourth-order valence-electron chi connectivity index (χ4n) is 5.45. The molecule has 0 spiro atoms. The number of carbonyl (C=O) groups excluding carboxylic acids is 2. The van der Waals surface area contributed by atoms with Gasteiger partial charge in [-0.1, -0.05) is 25.1 Å². The highest BCUT2D eigenvalue weighted by atomic mass is 19.1. The number of fused-ring (bicyclic) bond motifs is 1. The molecule has 1 aromatic carbocycles. The lowest BCUT2D eigenvalue weighted by Crippen LogP contribution is -2.43. The highest BCUT2D eigenvalue weighted by molar-refractivity contribution is 6.11. The average Bonchev–Trinajstić information content (AvgIpc) is 3.06. The first kappa shape index (κ1) is 20.6. The Morgan fingerprint density at radius 1 is 1.10 bits per heavy atom. The molecule has 5 rings (SSSR count). The van der Waals surface area contributed by atoms with Gasteiger partial charge in [-0.3, -0.25) is 14.5 Å². The van der Waals surface area contributed by atoms with E-state index in [2.05, 4.69) is 11.8 Å². The molecule has 3 heterocycles. The molecule has 4 atom stereocenters. The molecule has 1 aliphatic carbocycles. The molecule has 31 heavy (non-hydrogen) atoms. The number of ether oxygens (including phenoxy) is 2. The molecule has 4 aliphatic rings. The van der Waals surface area contributed by atoms with Crippen LogP contribution in [0.2, 0.25) is 0 Å². The molecule has 1 saturated carbocycles. The molecule has 0 aromatic heterocycles. The summed E-state index contributed by atoms with van der Waals surface area (Å²) in [4.78, 5) is 30.9. The van der Waals surface area contributed by atoms with Crippen LogP contribution in [0.3, 0.4) is 0 Å². The van der Waals surface area contributed by atoms with Crippen LogP contribution < -0.4 is 0 Å². The standard InChI is InChI=1S/C24H29FN2O4/c1-15-6-7-19-17(14-15)22(28)20-21(16-4-2-3-5-18(16)25)27(24(29)23(20)31-19)9-8-26-10-12-30-13-11-26/h2-5,15,17,19,21H,6-14H2,1H3. The number of morpholine rings is 1. The maximum absolute atomic E-state index is 14.9. The average molecular weight is 429 g/mol. The first-order valence-corrected chi connectivity index (χ1v) is 11.3. The number of halogens is 1. The van der Waals surface area contributed by atoms with Gasteiger partial charge in [0.1, 0.15) is 11.9 Å². The molecule has 1 aromatic rings. The third kappa shape index (κ3) is 3.68. The summed E-state index contributed by atoms with van der Waals surface area (Å²) in [5, 5.41) is 0. The van der Waals surface area contributed by atoms with Crippen molar-refractivity contribution in [1.82, 2.24) is 9.80 Å². The van der Waals surface area contributed by atoms with Crippen molar-refractivity contribution < 1.29 is 23.5 Å². The second-order valence-corrected chi connectivity index (χ2v) is 9.16. The summed E-state index contributed by atoms with van der Waals surface area (Å²) in [5.41, 5.74) is 0.717. The van der Waals surface area contributed by atoms with Gasteiger partial charge >= 0.3 is 0 Å². The Bertz CT molecular complexity index is 911. The van der Waals surface area contributed by atoms with Crippen LogP contribution in [-0.4, -0.2) is 67.0 Å². The van der Waals surface area contributed by atoms with Crippen molar-refractivity contribution in [2.24, 2.45) is 11.8 Å². The summed E-state index contributed by atoms with van der Waals surface area (Å²) in [6.07, 6.45) is 2.28. The van der Waals surface area contributed by atoms with Gasteiger partial charge in [0.15, 0.2) is 11.5 Å². The number of amides is 1. The smallest absolute Gasteiger partial charge is 0.290 e. The second kappa shape index (κ2) is 8.36. The Morgan fingerprint density at radius 3 is 2.65 bits per heavy atom. The van der Waals surface area contributed by atoms with E-state index in [9.17, 15) is 14.0 Å².